The summed E-state index contributed by atoms with van der Waals surface area (Å²) in [5, 5.41) is 46.0. The summed E-state index contributed by atoms with van der Waals surface area (Å²) in [7, 11) is 3.14. The quantitative estimate of drug-likeness (QED) is 0.312. The number of aliphatic hydroxyl groups is 3. The number of hydrogen-bond acceptors (Lipinski definition) is 10. The summed E-state index contributed by atoms with van der Waals surface area (Å²) >= 11 is 0. The summed E-state index contributed by atoms with van der Waals surface area (Å²) in [5.74, 6) is -6.67. The molecular weight excluding hydrogens is 530 g/mol. The molecule has 0 spiro atoms. The number of phenolic OH excluding ortho intramolecular Hbond substituents is 1. The number of rotatable bonds is 7. The minimum absolute atomic E-state index is 0.0263. The van der Waals surface area contributed by atoms with Crippen molar-refractivity contribution in [1.82, 2.24) is 9.80 Å². The fourth-order valence-electron chi connectivity index (χ4n) is 6.85. The minimum atomic E-state index is -2.67. The second-order valence-electron chi connectivity index (χ2n) is 11.2. The highest BCUT2D eigenvalue weighted by atomic mass is 16.3. The number of fused-ring (bicyclic) bond motifs is 3. The highest BCUT2D eigenvalue weighted by Gasteiger charge is 2.64. The van der Waals surface area contributed by atoms with Gasteiger partial charge in [0.25, 0.3) is 5.91 Å². The number of carbonyl (C=O) groups excluding carboxylic acids is 3. The summed E-state index contributed by atoms with van der Waals surface area (Å²) in [6, 6.07) is 2.49. The van der Waals surface area contributed by atoms with Gasteiger partial charge in [-0.05, 0) is 69.2 Å². The van der Waals surface area contributed by atoms with E-state index in [0.717, 1.165) is 24.2 Å². The lowest BCUT2D eigenvalue weighted by atomic mass is 9.57. The maximum absolute atomic E-state index is 14.1. The van der Waals surface area contributed by atoms with Gasteiger partial charge in [0.2, 0.25) is 5.78 Å². The van der Waals surface area contributed by atoms with Gasteiger partial charge in [-0.3, -0.25) is 24.2 Å². The zero-order valence-corrected chi connectivity index (χ0v) is 23.5. The molecule has 0 saturated heterocycles. The molecule has 1 fully saturated rings. The van der Waals surface area contributed by atoms with E-state index in [0.29, 0.717) is 17.7 Å². The first-order valence-electron chi connectivity index (χ1n) is 13.7. The molecular formula is C30H35N3O8. The van der Waals surface area contributed by atoms with Crippen LogP contribution in [-0.4, -0.2) is 86.5 Å². The Kier molecular flexibility index (Phi) is 7.09. The molecule has 1 aromatic carbocycles. The fourth-order valence-corrected chi connectivity index (χ4v) is 6.85. The molecule has 1 aromatic heterocycles. The predicted octanol–water partition coefficient (Wildman–Crippen LogP) is 2.07. The van der Waals surface area contributed by atoms with Crippen molar-refractivity contribution >= 4 is 23.2 Å². The van der Waals surface area contributed by atoms with Crippen LogP contribution in [0.1, 0.15) is 37.0 Å². The smallest absolute Gasteiger partial charge is 0.255 e. The van der Waals surface area contributed by atoms with Crippen molar-refractivity contribution in [2.24, 2.45) is 17.6 Å². The highest BCUT2D eigenvalue weighted by molar-refractivity contribution is 6.24. The summed E-state index contributed by atoms with van der Waals surface area (Å²) in [5.41, 5.74) is 4.35. The number of likely N-dealkylation sites (N-methyl/N-ethyl adjacent to an activating group) is 1. The first kappa shape index (κ1) is 28.6. The van der Waals surface area contributed by atoms with Crippen molar-refractivity contribution in [3.8, 4) is 16.9 Å². The fraction of sp³-hybridized carbons (Fsp3) is 0.433. The van der Waals surface area contributed by atoms with Gasteiger partial charge in [0.1, 0.15) is 22.8 Å². The van der Waals surface area contributed by atoms with Crippen LogP contribution in [0.3, 0.4) is 0 Å². The average molecular weight is 566 g/mol. The van der Waals surface area contributed by atoms with E-state index in [-0.39, 0.29) is 29.7 Å². The van der Waals surface area contributed by atoms with E-state index in [1.807, 2.05) is 19.9 Å². The van der Waals surface area contributed by atoms with Crippen molar-refractivity contribution in [3.63, 3.8) is 0 Å². The van der Waals surface area contributed by atoms with Gasteiger partial charge in [-0.2, -0.15) is 0 Å². The van der Waals surface area contributed by atoms with Crippen molar-refractivity contribution in [3.05, 3.63) is 58.3 Å². The van der Waals surface area contributed by atoms with Crippen LogP contribution >= 0.6 is 0 Å². The Morgan fingerprint density at radius 1 is 1.17 bits per heavy atom. The van der Waals surface area contributed by atoms with Crippen LogP contribution in [0, 0.1) is 11.8 Å². The van der Waals surface area contributed by atoms with Crippen molar-refractivity contribution in [2.45, 2.75) is 44.9 Å². The Balaban J connectivity index is 1.76. The number of nitrogens with zero attached hydrogens (tertiary/aromatic N) is 2. The summed E-state index contributed by atoms with van der Waals surface area (Å²) in [4.78, 5) is 43.2. The van der Waals surface area contributed by atoms with E-state index in [1.165, 1.54) is 11.2 Å². The van der Waals surface area contributed by atoms with Crippen LogP contribution in [-0.2, 0) is 27.3 Å². The van der Waals surface area contributed by atoms with Crippen molar-refractivity contribution in [2.75, 3.05) is 27.2 Å². The lowest BCUT2D eigenvalue weighted by Crippen LogP contribution is -2.65. The molecule has 11 nitrogen and oxygen atoms in total. The van der Waals surface area contributed by atoms with Gasteiger partial charge in [0.15, 0.2) is 11.4 Å². The molecule has 3 aliphatic rings. The zero-order chi connectivity index (χ0) is 30.0. The number of Topliss-reactive ketones (excluding diaryl/α,β-unsaturated/α-hetero) is 2. The number of furan rings is 1. The van der Waals surface area contributed by atoms with E-state index < -0.39 is 58.0 Å². The Labute approximate surface area is 237 Å². The van der Waals surface area contributed by atoms with Gasteiger partial charge in [-0.1, -0.05) is 13.8 Å². The molecule has 2 aromatic rings. The van der Waals surface area contributed by atoms with Crippen molar-refractivity contribution in [1.29, 1.82) is 0 Å². The monoisotopic (exact) mass is 565 g/mol. The molecule has 0 bridgehead atoms. The lowest BCUT2D eigenvalue weighted by Gasteiger charge is -2.50. The first-order valence-corrected chi connectivity index (χ1v) is 13.7. The third kappa shape index (κ3) is 4.10. The predicted molar refractivity (Wildman–Crippen MR) is 149 cm³/mol. The van der Waals surface area contributed by atoms with Crippen LogP contribution in [0.2, 0.25) is 0 Å². The highest BCUT2D eigenvalue weighted by Crippen LogP contribution is 2.54. The van der Waals surface area contributed by atoms with Crippen LogP contribution < -0.4 is 5.73 Å². The molecule has 218 valence electrons. The molecule has 5 rings (SSSR count). The molecule has 3 aliphatic carbocycles. The van der Waals surface area contributed by atoms with E-state index in [4.69, 9.17) is 10.2 Å². The van der Waals surface area contributed by atoms with Crippen LogP contribution in [0.25, 0.3) is 16.9 Å². The Hall–Kier alpha value is -3.93. The van der Waals surface area contributed by atoms with Gasteiger partial charge in [0, 0.05) is 29.2 Å². The molecule has 0 aliphatic heterocycles. The van der Waals surface area contributed by atoms with Crippen LogP contribution in [0.5, 0.6) is 5.75 Å². The minimum Gasteiger partial charge on any atom is -0.508 e. The largest absolute Gasteiger partial charge is 0.508 e. The topological polar surface area (TPSA) is 178 Å². The number of primary amides is 1. The molecule has 1 heterocycles. The number of hydrogen-bond donors (Lipinski definition) is 5. The number of ketones is 2. The maximum Gasteiger partial charge on any atom is 0.255 e. The molecule has 1 amide bonds. The Morgan fingerprint density at radius 3 is 2.41 bits per heavy atom. The third-order valence-electron chi connectivity index (χ3n) is 8.92. The Morgan fingerprint density at radius 2 is 1.85 bits per heavy atom. The second-order valence-corrected chi connectivity index (χ2v) is 11.2. The maximum atomic E-state index is 14.1. The molecule has 4 unspecified atom stereocenters. The van der Waals surface area contributed by atoms with Gasteiger partial charge in [0.05, 0.1) is 24.1 Å². The van der Waals surface area contributed by atoms with Crippen LogP contribution in [0.4, 0.5) is 0 Å². The molecule has 4 atom stereocenters. The van der Waals surface area contributed by atoms with Gasteiger partial charge in [-0.25, -0.2) is 0 Å². The SMILES string of the molecule is CCN(CC)Cc1cc(-c2ccoc2)c2c(c1O)C(O)=C1C(=O)C3(O)C(O)=C(C(N)=O)C(=O)C(N(C)C)C3CC1C2. The summed E-state index contributed by atoms with van der Waals surface area (Å²) in [6.07, 6.45) is 3.31. The number of aromatic hydroxyl groups is 1. The van der Waals surface area contributed by atoms with E-state index in [9.17, 15) is 34.8 Å². The first-order chi connectivity index (χ1) is 19.4. The number of nitrogens with two attached hydrogens (primary N) is 1. The lowest BCUT2D eigenvalue weighted by molar-refractivity contribution is -0.153. The van der Waals surface area contributed by atoms with Crippen molar-refractivity contribution < 1.29 is 39.2 Å². The molecule has 41 heavy (non-hydrogen) atoms. The van der Waals surface area contributed by atoms with Gasteiger partial charge in [-0.15, -0.1) is 0 Å². The van der Waals surface area contributed by atoms with Gasteiger partial charge < -0.3 is 30.6 Å². The summed E-state index contributed by atoms with van der Waals surface area (Å²) in [6.45, 7) is 5.80. The van der Waals surface area contributed by atoms with E-state index in [1.54, 1.807) is 26.4 Å². The summed E-state index contributed by atoms with van der Waals surface area (Å²) < 4.78 is 5.33. The van der Waals surface area contributed by atoms with Gasteiger partial charge >= 0.3 is 0 Å². The van der Waals surface area contributed by atoms with Crippen LogP contribution in [0.15, 0.2) is 46.0 Å². The second kappa shape index (κ2) is 10.2. The Bertz CT molecular complexity index is 1500. The number of phenols is 1. The number of amides is 1. The third-order valence-corrected chi connectivity index (χ3v) is 8.92. The standard InChI is InChI=1S/C30H35N3O8/c1-5-33(6-2)12-16-10-17(14-7-8-41-13-14)18-9-15-11-19-23(32(3)4)26(36)22(29(31)39)28(38)30(19,40)27(37)20(15)25(35)21(18)24(16)34/h7-8,10,13,15,19,23,34-35,38,40H,5-6,9,11-12H2,1-4H3,(H2,31,39). The van der Waals surface area contributed by atoms with E-state index >= 15 is 0 Å². The van der Waals surface area contributed by atoms with E-state index in [2.05, 4.69) is 4.90 Å². The average Bonchev–Trinajstić information content (AvgIpc) is 3.45. The molecule has 11 heteroatoms. The molecule has 0 radical (unpaired) electrons. The molecule has 1 saturated carbocycles. The number of carbonyl (C=O) groups is 3. The normalized spacial score (nSPS) is 26.0. The zero-order valence-electron chi connectivity index (χ0n) is 23.5. The number of aliphatic hydroxyl groups excluding tert-OH is 2. The number of benzene rings is 1. The molecule has 6 N–H and O–H groups in total.